The maximum Gasteiger partial charge on any atom is 0.0717 e. The monoisotopic (exact) mass is 278 g/mol. The van der Waals surface area contributed by atoms with Crippen LogP contribution in [0.1, 0.15) is 12.5 Å². The molecule has 0 aliphatic heterocycles. The van der Waals surface area contributed by atoms with E-state index in [1.165, 1.54) is 10.8 Å². The van der Waals surface area contributed by atoms with Crippen molar-refractivity contribution in [3.8, 4) is 0 Å². The van der Waals surface area contributed by atoms with Gasteiger partial charge in [-0.15, -0.1) is 0 Å². The molecular formula is C18H18N2O. The Labute approximate surface area is 124 Å². The summed E-state index contributed by atoms with van der Waals surface area (Å²) in [6.45, 7) is 2.93. The molecule has 0 aliphatic rings. The van der Waals surface area contributed by atoms with Crippen molar-refractivity contribution >= 4 is 22.1 Å². The van der Waals surface area contributed by atoms with E-state index in [0.29, 0.717) is 0 Å². The van der Waals surface area contributed by atoms with Crippen molar-refractivity contribution in [2.75, 3.05) is 11.4 Å². The van der Waals surface area contributed by atoms with Crippen LogP contribution in [-0.4, -0.2) is 16.6 Å². The molecule has 0 saturated carbocycles. The molecule has 3 aromatic rings. The van der Waals surface area contributed by atoms with Gasteiger partial charge in [-0.1, -0.05) is 36.4 Å². The molecule has 3 rings (SSSR count). The zero-order valence-corrected chi connectivity index (χ0v) is 12.0. The van der Waals surface area contributed by atoms with Crippen molar-refractivity contribution in [1.29, 1.82) is 0 Å². The van der Waals surface area contributed by atoms with Crippen LogP contribution in [0.3, 0.4) is 0 Å². The first kappa shape index (κ1) is 13.6. The van der Waals surface area contributed by atoms with Crippen molar-refractivity contribution < 1.29 is 5.11 Å². The molecule has 0 bridgehead atoms. The number of benzene rings is 2. The Hall–Kier alpha value is -2.39. The first-order valence-corrected chi connectivity index (χ1v) is 7.14. The highest BCUT2D eigenvalue weighted by molar-refractivity contribution is 5.96. The van der Waals surface area contributed by atoms with Gasteiger partial charge in [-0.05, 0) is 24.4 Å². The van der Waals surface area contributed by atoms with E-state index in [1.807, 2.05) is 12.1 Å². The lowest BCUT2D eigenvalue weighted by atomic mass is 10.1. The highest BCUT2D eigenvalue weighted by atomic mass is 16.3. The molecule has 0 amide bonds. The predicted octanol–water partition coefficient (Wildman–Crippen LogP) is 3.89. The van der Waals surface area contributed by atoms with Crippen molar-refractivity contribution in [2.24, 2.45) is 0 Å². The second-order valence-electron chi connectivity index (χ2n) is 4.91. The number of rotatable bonds is 4. The summed E-state index contributed by atoms with van der Waals surface area (Å²) in [7, 11) is 0. The number of hydrogen-bond donors (Lipinski definition) is 1. The number of pyridine rings is 1. The molecule has 0 fully saturated rings. The molecule has 2 aromatic carbocycles. The van der Waals surface area contributed by atoms with Crippen molar-refractivity contribution in [3.05, 3.63) is 66.5 Å². The molecule has 0 aliphatic carbocycles. The SMILES string of the molecule is CCN(c1ccncc1CO)c1cccc2ccccc12. The second-order valence-corrected chi connectivity index (χ2v) is 4.91. The minimum absolute atomic E-state index is 0.00948. The van der Waals surface area contributed by atoms with Crippen LogP contribution in [0.4, 0.5) is 11.4 Å². The van der Waals surface area contributed by atoms with Crippen LogP contribution in [-0.2, 0) is 6.61 Å². The van der Waals surface area contributed by atoms with Crippen LogP contribution in [0.15, 0.2) is 60.9 Å². The summed E-state index contributed by atoms with van der Waals surface area (Å²) >= 11 is 0. The molecule has 1 aromatic heterocycles. The van der Waals surface area contributed by atoms with E-state index in [1.54, 1.807) is 12.4 Å². The van der Waals surface area contributed by atoms with Gasteiger partial charge in [0.2, 0.25) is 0 Å². The Bertz CT molecular complexity index is 750. The molecule has 0 saturated heterocycles. The third-order valence-electron chi connectivity index (χ3n) is 3.71. The van der Waals surface area contributed by atoms with E-state index in [-0.39, 0.29) is 6.61 Å². The van der Waals surface area contributed by atoms with E-state index in [2.05, 4.69) is 53.2 Å². The Morgan fingerprint density at radius 3 is 2.62 bits per heavy atom. The first-order valence-electron chi connectivity index (χ1n) is 7.14. The molecule has 106 valence electrons. The van der Waals surface area contributed by atoms with Gasteiger partial charge in [0.05, 0.1) is 6.61 Å². The van der Waals surface area contributed by atoms with Crippen LogP contribution < -0.4 is 4.90 Å². The molecule has 0 unspecified atom stereocenters. The Morgan fingerprint density at radius 1 is 1.00 bits per heavy atom. The number of anilines is 2. The highest BCUT2D eigenvalue weighted by Gasteiger charge is 2.13. The number of nitrogens with zero attached hydrogens (tertiary/aromatic N) is 2. The molecule has 0 spiro atoms. The van der Waals surface area contributed by atoms with E-state index >= 15 is 0 Å². The summed E-state index contributed by atoms with van der Waals surface area (Å²) in [5.74, 6) is 0. The molecule has 1 heterocycles. The smallest absolute Gasteiger partial charge is 0.0717 e. The number of fused-ring (bicyclic) bond motifs is 1. The average molecular weight is 278 g/mol. The summed E-state index contributed by atoms with van der Waals surface area (Å²) in [4.78, 5) is 6.32. The number of hydrogen-bond acceptors (Lipinski definition) is 3. The fraction of sp³-hybridized carbons (Fsp3) is 0.167. The lowest BCUT2D eigenvalue weighted by Gasteiger charge is -2.26. The Kier molecular flexibility index (Phi) is 3.84. The third kappa shape index (κ3) is 2.48. The van der Waals surface area contributed by atoms with Crippen LogP contribution in [0, 0.1) is 0 Å². The van der Waals surface area contributed by atoms with Gasteiger partial charge in [0.15, 0.2) is 0 Å². The largest absolute Gasteiger partial charge is 0.392 e. The quantitative estimate of drug-likeness (QED) is 0.786. The fourth-order valence-electron chi connectivity index (χ4n) is 2.72. The molecule has 1 N–H and O–H groups in total. The average Bonchev–Trinajstić information content (AvgIpc) is 2.56. The molecule has 0 atom stereocenters. The van der Waals surface area contributed by atoms with Crippen LogP contribution in [0.2, 0.25) is 0 Å². The minimum Gasteiger partial charge on any atom is -0.392 e. The first-order chi connectivity index (χ1) is 10.3. The Morgan fingerprint density at radius 2 is 1.81 bits per heavy atom. The van der Waals surface area contributed by atoms with Gasteiger partial charge in [-0.25, -0.2) is 0 Å². The summed E-state index contributed by atoms with van der Waals surface area (Å²) in [5.41, 5.74) is 3.00. The summed E-state index contributed by atoms with van der Waals surface area (Å²) in [6.07, 6.45) is 3.49. The van der Waals surface area contributed by atoms with Gasteiger partial charge < -0.3 is 10.0 Å². The van der Waals surface area contributed by atoms with Crippen LogP contribution in [0.25, 0.3) is 10.8 Å². The van der Waals surface area contributed by atoms with E-state index in [0.717, 1.165) is 23.5 Å². The summed E-state index contributed by atoms with van der Waals surface area (Å²) in [5, 5.41) is 12.0. The molecule has 3 heteroatoms. The van der Waals surface area contributed by atoms with E-state index in [4.69, 9.17) is 0 Å². The standard InChI is InChI=1S/C18H18N2O/c1-2-20(17-10-11-19-12-15(17)13-21)18-9-5-7-14-6-3-4-8-16(14)18/h3-12,21H,2,13H2,1H3. The van der Waals surface area contributed by atoms with Crippen molar-refractivity contribution in [2.45, 2.75) is 13.5 Å². The highest BCUT2D eigenvalue weighted by Crippen LogP contribution is 2.33. The van der Waals surface area contributed by atoms with Gasteiger partial charge in [0.25, 0.3) is 0 Å². The minimum atomic E-state index is -0.00948. The molecule has 0 radical (unpaired) electrons. The molecule has 21 heavy (non-hydrogen) atoms. The van der Waals surface area contributed by atoms with E-state index < -0.39 is 0 Å². The predicted molar refractivity (Wildman–Crippen MR) is 86.8 cm³/mol. The van der Waals surface area contributed by atoms with Crippen LogP contribution >= 0.6 is 0 Å². The lowest BCUT2D eigenvalue weighted by molar-refractivity contribution is 0.281. The summed E-state index contributed by atoms with van der Waals surface area (Å²) < 4.78 is 0. The zero-order chi connectivity index (χ0) is 14.7. The number of aliphatic hydroxyl groups excluding tert-OH is 1. The topological polar surface area (TPSA) is 36.4 Å². The van der Waals surface area contributed by atoms with Gasteiger partial charge in [0.1, 0.15) is 0 Å². The van der Waals surface area contributed by atoms with Gasteiger partial charge >= 0.3 is 0 Å². The number of aliphatic hydroxyl groups is 1. The normalized spacial score (nSPS) is 10.8. The maximum absolute atomic E-state index is 9.56. The van der Waals surface area contributed by atoms with E-state index in [9.17, 15) is 5.11 Å². The van der Waals surface area contributed by atoms with Crippen LogP contribution in [0.5, 0.6) is 0 Å². The van der Waals surface area contributed by atoms with Gasteiger partial charge in [-0.3, -0.25) is 4.98 Å². The maximum atomic E-state index is 9.56. The van der Waals surface area contributed by atoms with Gasteiger partial charge in [0, 0.05) is 41.3 Å². The van der Waals surface area contributed by atoms with Crippen molar-refractivity contribution in [3.63, 3.8) is 0 Å². The number of aromatic nitrogens is 1. The molecular weight excluding hydrogens is 260 g/mol. The van der Waals surface area contributed by atoms with Gasteiger partial charge in [-0.2, -0.15) is 0 Å². The fourth-order valence-corrected chi connectivity index (χ4v) is 2.72. The molecule has 3 nitrogen and oxygen atoms in total. The lowest BCUT2D eigenvalue weighted by Crippen LogP contribution is -2.18. The summed E-state index contributed by atoms with van der Waals surface area (Å²) in [6, 6.07) is 16.6. The van der Waals surface area contributed by atoms with Crippen molar-refractivity contribution in [1.82, 2.24) is 4.98 Å². The Balaban J connectivity index is 2.19. The third-order valence-corrected chi connectivity index (χ3v) is 3.71. The zero-order valence-electron chi connectivity index (χ0n) is 12.0. The second kappa shape index (κ2) is 5.94.